The topological polar surface area (TPSA) is 38.3 Å². The standard InChI is InChI=1S/C15H20FNO2/c1-2-13(15(18)17-11-7-3-4-8-11)19-14-10-6-5-9-12(14)16/h5-6,9-11,13H,2-4,7-8H2,1H3,(H,17,18). The van der Waals surface area contributed by atoms with Crippen LogP contribution >= 0.6 is 0 Å². The number of ether oxygens (including phenoxy) is 1. The Balaban J connectivity index is 1.95. The van der Waals surface area contributed by atoms with E-state index in [0.717, 1.165) is 25.7 Å². The van der Waals surface area contributed by atoms with Crippen LogP contribution in [-0.2, 0) is 4.79 Å². The van der Waals surface area contributed by atoms with Crippen molar-refractivity contribution in [2.24, 2.45) is 0 Å². The lowest BCUT2D eigenvalue weighted by atomic mass is 10.2. The summed E-state index contributed by atoms with van der Waals surface area (Å²) in [5.41, 5.74) is 0. The molecule has 1 aliphatic rings. The summed E-state index contributed by atoms with van der Waals surface area (Å²) in [6.45, 7) is 1.86. The molecule has 1 fully saturated rings. The Bertz CT molecular complexity index is 430. The van der Waals surface area contributed by atoms with Crippen LogP contribution < -0.4 is 10.1 Å². The number of carbonyl (C=O) groups is 1. The van der Waals surface area contributed by atoms with Crippen molar-refractivity contribution in [1.82, 2.24) is 5.32 Å². The summed E-state index contributed by atoms with van der Waals surface area (Å²) < 4.78 is 19.0. The van der Waals surface area contributed by atoms with Gasteiger partial charge in [0.15, 0.2) is 17.7 Å². The average Bonchev–Trinajstić information content (AvgIpc) is 2.90. The number of nitrogens with one attached hydrogen (secondary N) is 1. The van der Waals surface area contributed by atoms with E-state index in [1.165, 1.54) is 6.07 Å². The molecule has 0 saturated heterocycles. The van der Waals surface area contributed by atoms with E-state index in [1.54, 1.807) is 18.2 Å². The molecule has 1 saturated carbocycles. The molecule has 2 rings (SSSR count). The van der Waals surface area contributed by atoms with Gasteiger partial charge < -0.3 is 10.1 Å². The van der Waals surface area contributed by atoms with Crippen molar-refractivity contribution >= 4 is 5.91 Å². The first-order valence-electron chi connectivity index (χ1n) is 6.92. The summed E-state index contributed by atoms with van der Waals surface area (Å²) in [4.78, 5) is 12.1. The minimum absolute atomic E-state index is 0.135. The first kappa shape index (κ1) is 13.8. The number of carbonyl (C=O) groups excluding carboxylic acids is 1. The zero-order chi connectivity index (χ0) is 13.7. The highest BCUT2D eigenvalue weighted by Crippen LogP contribution is 2.20. The quantitative estimate of drug-likeness (QED) is 0.888. The summed E-state index contributed by atoms with van der Waals surface area (Å²) >= 11 is 0. The van der Waals surface area contributed by atoms with Crippen LogP contribution in [0.4, 0.5) is 4.39 Å². The molecular weight excluding hydrogens is 245 g/mol. The molecule has 3 nitrogen and oxygen atoms in total. The molecule has 1 aromatic rings. The fourth-order valence-corrected chi connectivity index (χ4v) is 2.38. The molecule has 1 amide bonds. The highest BCUT2D eigenvalue weighted by Gasteiger charge is 2.24. The SMILES string of the molecule is CCC(Oc1ccccc1F)C(=O)NC1CCCC1. The predicted molar refractivity (Wildman–Crippen MR) is 71.5 cm³/mol. The second kappa shape index (κ2) is 6.55. The van der Waals surface area contributed by atoms with Crippen LogP contribution in [-0.4, -0.2) is 18.1 Å². The maximum absolute atomic E-state index is 13.5. The van der Waals surface area contributed by atoms with Crippen LogP contribution in [0.25, 0.3) is 0 Å². The molecule has 0 heterocycles. The molecule has 19 heavy (non-hydrogen) atoms. The Morgan fingerprint density at radius 2 is 2.11 bits per heavy atom. The van der Waals surface area contributed by atoms with Gasteiger partial charge >= 0.3 is 0 Å². The van der Waals surface area contributed by atoms with E-state index in [4.69, 9.17) is 4.74 Å². The lowest BCUT2D eigenvalue weighted by Gasteiger charge is -2.20. The fourth-order valence-electron chi connectivity index (χ4n) is 2.38. The molecule has 1 N–H and O–H groups in total. The van der Waals surface area contributed by atoms with Crippen molar-refractivity contribution in [3.05, 3.63) is 30.1 Å². The molecule has 1 aromatic carbocycles. The van der Waals surface area contributed by atoms with Crippen LogP contribution in [0.2, 0.25) is 0 Å². The molecule has 0 aromatic heterocycles. The summed E-state index contributed by atoms with van der Waals surface area (Å²) in [6.07, 6.45) is 4.28. The normalized spacial score (nSPS) is 17.2. The van der Waals surface area contributed by atoms with Gasteiger partial charge in [-0.1, -0.05) is 31.9 Å². The monoisotopic (exact) mass is 265 g/mol. The Kier molecular flexibility index (Phi) is 4.77. The number of hydrogen-bond acceptors (Lipinski definition) is 2. The first-order valence-corrected chi connectivity index (χ1v) is 6.92. The van der Waals surface area contributed by atoms with Gasteiger partial charge in [0.1, 0.15) is 0 Å². The molecule has 104 valence electrons. The summed E-state index contributed by atoms with van der Waals surface area (Å²) in [5, 5.41) is 2.98. The number of amides is 1. The van der Waals surface area contributed by atoms with Crippen molar-refractivity contribution < 1.29 is 13.9 Å². The Morgan fingerprint density at radius 3 is 2.74 bits per heavy atom. The maximum Gasteiger partial charge on any atom is 0.261 e. The van der Waals surface area contributed by atoms with E-state index in [-0.39, 0.29) is 17.7 Å². The summed E-state index contributed by atoms with van der Waals surface area (Å²) in [7, 11) is 0. The zero-order valence-corrected chi connectivity index (χ0v) is 11.2. The smallest absolute Gasteiger partial charge is 0.261 e. The van der Waals surface area contributed by atoms with Gasteiger partial charge in [0, 0.05) is 6.04 Å². The van der Waals surface area contributed by atoms with Gasteiger partial charge in [-0.25, -0.2) is 4.39 Å². The molecule has 0 spiro atoms. The van der Waals surface area contributed by atoms with E-state index >= 15 is 0 Å². The van der Waals surface area contributed by atoms with Crippen molar-refractivity contribution in [3.8, 4) is 5.75 Å². The first-order chi connectivity index (χ1) is 9.20. The lowest BCUT2D eigenvalue weighted by Crippen LogP contribution is -2.42. The maximum atomic E-state index is 13.5. The van der Waals surface area contributed by atoms with E-state index in [9.17, 15) is 9.18 Å². The van der Waals surface area contributed by atoms with Gasteiger partial charge in [-0.15, -0.1) is 0 Å². The van der Waals surface area contributed by atoms with Crippen molar-refractivity contribution in [2.75, 3.05) is 0 Å². The average molecular weight is 265 g/mol. The summed E-state index contributed by atoms with van der Waals surface area (Å²) in [6, 6.07) is 6.42. The van der Waals surface area contributed by atoms with Gasteiger partial charge in [-0.05, 0) is 31.4 Å². The minimum atomic E-state index is -0.627. The van der Waals surface area contributed by atoms with Crippen LogP contribution in [0.5, 0.6) is 5.75 Å². The third kappa shape index (κ3) is 3.69. The highest BCUT2D eigenvalue weighted by molar-refractivity contribution is 5.81. The Labute approximate surface area is 113 Å². The fraction of sp³-hybridized carbons (Fsp3) is 0.533. The van der Waals surface area contributed by atoms with Crippen LogP contribution in [0, 0.1) is 5.82 Å². The van der Waals surface area contributed by atoms with E-state index < -0.39 is 11.9 Å². The van der Waals surface area contributed by atoms with Crippen molar-refractivity contribution in [3.63, 3.8) is 0 Å². The number of halogens is 1. The molecule has 0 aliphatic heterocycles. The van der Waals surface area contributed by atoms with E-state index in [1.807, 2.05) is 6.92 Å². The number of rotatable bonds is 5. The Hall–Kier alpha value is -1.58. The minimum Gasteiger partial charge on any atom is -0.478 e. The largest absolute Gasteiger partial charge is 0.478 e. The van der Waals surface area contributed by atoms with Gasteiger partial charge in [0.05, 0.1) is 0 Å². The summed E-state index contributed by atoms with van der Waals surface area (Å²) in [5.74, 6) is -0.441. The van der Waals surface area contributed by atoms with Crippen molar-refractivity contribution in [1.29, 1.82) is 0 Å². The zero-order valence-electron chi connectivity index (χ0n) is 11.2. The van der Waals surface area contributed by atoms with Crippen molar-refractivity contribution in [2.45, 2.75) is 51.2 Å². The second-order valence-corrected chi connectivity index (χ2v) is 4.94. The lowest BCUT2D eigenvalue weighted by molar-refractivity contribution is -0.128. The van der Waals surface area contributed by atoms with Crippen LogP contribution in [0.15, 0.2) is 24.3 Å². The molecular formula is C15H20FNO2. The Morgan fingerprint density at radius 1 is 1.42 bits per heavy atom. The van der Waals surface area contributed by atoms with E-state index in [0.29, 0.717) is 6.42 Å². The number of benzene rings is 1. The van der Waals surface area contributed by atoms with Crippen LogP contribution in [0.1, 0.15) is 39.0 Å². The number of hydrogen-bond donors (Lipinski definition) is 1. The van der Waals surface area contributed by atoms with Gasteiger partial charge in [0.25, 0.3) is 5.91 Å². The predicted octanol–water partition coefficient (Wildman–Crippen LogP) is 3.04. The molecule has 0 radical (unpaired) electrons. The molecule has 1 atom stereocenters. The second-order valence-electron chi connectivity index (χ2n) is 4.94. The molecule has 0 bridgehead atoms. The number of para-hydroxylation sites is 1. The highest BCUT2D eigenvalue weighted by atomic mass is 19.1. The van der Waals surface area contributed by atoms with Gasteiger partial charge in [0.2, 0.25) is 0 Å². The van der Waals surface area contributed by atoms with Crippen LogP contribution in [0.3, 0.4) is 0 Å². The van der Waals surface area contributed by atoms with E-state index in [2.05, 4.69) is 5.32 Å². The molecule has 4 heteroatoms. The molecule has 1 aliphatic carbocycles. The molecule has 1 unspecified atom stereocenters. The van der Waals surface area contributed by atoms with Gasteiger partial charge in [-0.3, -0.25) is 4.79 Å². The van der Waals surface area contributed by atoms with Gasteiger partial charge in [-0.2, -0.15) is 0 Å². The third-order valence-corrected chi connectivity index (χ3v) is 3.47. The third-order valence-electron chi connectivity index (χ3n) is 3.47.